The summed E-state index contributed by atoms with van der Waals surface area (Å²) in [4.78, 5) is 14.4. The van der Waals surface area contributed by atoms with Crippen LogP contribution in [-0.4, -0.2) is 4.98 Å². The van der Waals surface area contributed by atoms with Gasteiger partial charge in [-0.15, -0.1) is 0 Å². The van der Waals surface area contributed by atoms with Crippen molar-refractivity contribution < 1.29 is 0 Å². The Hall–Kier alpha value is -1.05. The third-order valence-electron chi connectivity index (χ3n) is 3.17. The first kappa shape index (κ1) is 9.50. The second kappa shape index (κ2) is 3.99. The molecule has 2 heteroatoms. The fraction of sp³-hybridized carbons (Fsp3) is 0.583. The largest absolute Gasteiger partial charge is 0.326 e. The average Bonchev–Trinajstić information content (AvgIpc) is 2.23. The maximum absolute atomic E-state index is 11.4. The van der Waals surface area contributed by atoms with Gasteiger partial charge in [-0.3, -0.25) is 4.79 Å². The van der Waals surface area contributed by atoms with E-state index in [9.17, 15) is 4.79 Å². The Labute approximate surface area is 84.4 Å². The summed E-state index contributed by atoms with van der Waals surface area (Å²) in [5.74, 6) is 0.594. The van der Waals surface area contributed by atoms with Crippen LogP contribution in [-0.2, 0) is 0 Å². The fourth-order valence-corrected chi connectivity index (χ4v) is 2.21. The molecule has 1 aliphatic rings. The van der Waals surface area contributed by atoms with Crippen LogP contribution in [0, 0.1) is 6.92 Å². The van der Waals surface area contributed by atoms with Crippen LogP contribution in [0.2, 0.25) is 0 Å². The molecule has 0 aromatic carbocycles. The van der Waals surface area contributed by atoms with Crippen LogP contribution in [0.5, 0.6) is 0 Å². The Kier molecular flexibility index (Phi) is 2.71. The van der Waals surface area contributed by atoms with Gasteiger partial charge in [0.2, 0.25) is 0 Å². The second-order valence-electron chi connectivity index (χ2n) is 4.26. The summed E-state index contributed by atoms with van der Waals surface area (Å²) in [5, 5.41) is 0. The smallest absolute Gasteiger partial charge is 0.251 e. The topological polar surface area (TPSA) is 32.9 Å². The molecule has 0 saturated heterocycles. The SMILES string of the molecule is Cc1ccc(C2CCCCC2)[nH]c1=O. The van der Waals surface area contributed by atoms with Crippen LogP contribution in [0.25, 0.3) is 0 Å². The zero-order valence-corrected chi connectivity index (χ0v) is 8.68. The number of H-pyrrole nitrogens is 1. The van der Waals surface area contributed by atoms with Crippen LogP contribution in [0.3, 0.4) is 0 Å². The van der Waals surface area contributed by atoms with E-state index < -0.39 is 0 Å². The lowest BCUT2D eigenvalue weighted by atomic mass is 9.86. The highest BCUT2D eigenvalue weighted by Crippen LogP contribution is 2.30. The molecule has 14 heavy (non-hydrogen) atoms. The van der Waals surface area contributed by atoms with Crippen molar-refractivity contribution in [2.24, 2.45) is 0 Å². The minimum absolute atomic E-state index is 0.0769. The quantitative estimate of drug-likeness (QED) is 0.727. The number of aromatic nitrogens is 1. The van der Waals surface area contributed by atoms with E-state index in [0.29, 0.717) is 5.92 Å². The highest BCUT2D eigenvalue weighted by molar-refractivity contribution is 5.16. The van der Waals surface area contributed by atoms with Crippen LogP contribution in [0.1, 0.15) is 49.3 Å². The summed E-state index contributed by atoms with van der Waals surface area (Å²) in [7, 11) is 0. The van der Waals surface area contributed by atoms with Crippen LogP contribution < -0.4 is 5.56 Å². The lowest BCUT2D eigenvalue weighted by Gasteiger charge is -2.21. The summed E-state index contributed by atoms with van der Waals surface area (Å²) < 4.78 is 0. The minimum Gasteiger partial charge on any atom is -0.326 e. The van der Waals surface area contributed by atoms with Crippen LogP contribution in [0.15, 0.2) is 16.9 Å². The third-order valence-corrected chi connectivity index (χ3v) is 3.17. The molecule has 1 N–H and O–H groups in total. The Morgan fingerprint density at radius 1 is 1.21 bits per heavy atom. The Morgan fingerprint density at radius 3 is 2.57 bits per heavy atom. The van der Waals surface area contributed by atoms with Gasteiger partial charge in [0, 0.05) is 11.3 Å². The fourth-order valence-electron chi connectivity index (χ4n) is 2.21. The number of aryl methyl sites for hydroxylation is 1. The van der Waals surface area contributed by atoms with Crippen molar-refractivity contribution in [3.05, 3.63) is 33.7 Å². The molecule has 1 saturated carbocycles. The van der Waals surface area contributed by atoms with Gasteiger partial charge in [-0.1, -0.05) is 25.3 Å². The van der Waals surface area contributed by atoms with E-state index in [0.717, 1.165) is 11.3 Å². The normalized spacial score (nSPS) is 18.4. The summed E-state index contributed by atoms with van der Waals surface area (Å²) >= 11 is 0. The summed E-state index contributed by atoms with van der Waals surface area (Å²) in [6.07, 6.45) is 6.44. The van der Waals surface area contributed by atoms with Gasteiger partial charge in [-0.25, -0.2) is 0 Å². The lowest BCUT2D eigenvalue weighted by Crippen LogP contribution is -2.15. The van der Waals surface area contributed by atoms with Crippen molar-refractivity contribution in [3.63, 3.8) is 0 Å². The summed E-state index contributed by atoms with van der Waals surface area (Å²) in [6.45, 7) is 1.85. The van der Waals surface area contributed by atoms with E-state index in [-0.39, 0.29) is 5.56 Å². The molecule has 1 aromatic rings. The molecule has 1 aromatic heterocycles. The van der Waals surface area contributed by atoms with Crippen molar-refractivity contribution in [2.75, 3.05) is 0 Å². The van der Waals surface area contributed by atoms with E-state index in [1.807, 2.05) is 13.0 Å². The lowest BCUT2D eigenvalue weighted by molar-refractivity contribution is 0.436. The summed E-state index contributed by atoms with van der Waals surface area (Å²) in [6, 6.07) is 4.01. The molecule has 76 valence electrons. The standard InChI is InChI=1S/C12H17NO/c1-9-7-8-11(13-12(9)14)10-5-3-2-4-6-10/h7-8,10H,2-6H2,1H3,(H,13,14). The number of nitrogens with one attached hydrogen (secondary N) is 1. The second-order valence-corrected chi connectivity index (χ2v) is 4.26. The molecule has 0 unspecified atom stereocenters. The van der Waals surface area contributed by atoms with Gasteiger partial charge in [0.25, 0.3) is 5.56 Å². The van der Waals surface area contributed by atoms with Gasteiger partial charge in [0.15, 0.2) is 0 Å². The van der Waals surface area contributed by atoms with E-state index in [2.05, 4.69) is 11.1 Å². The zero-order valence-electron chi connectivity index (χ0n) is 8.68. The maximum atomic E-state index is 11.4. The minimum atomic E-state index is 0.0769. The molecule has 1 aliphatic carbocycles. The number of hydrogen-bond acceptors (Lipinski definition) is 1. The van der Waals surface area contributed by atoms with Crippen molar-refractivity contribution in [1.82, 2.24) is 4.98 Å². The number of aromatic amines is 1. The molecule has 0 bridgehead atoms. The van der Waals surface area contributed by atoms with Crippen molar-refractivity contribution in [2.45, 2.75) is 44.9 Å². The highest BCUT2D eigenvalue weighted by atomic mass is 16.1. The van der Waals surface area contributed by atoms with E-state index in [1.165, 1.54) is 32.1 Å². The van der Waals surface area contributed by atoms with Crippen molar-refractivity contribution in [3.8, 4) is 0 Å². The van der Waals surface area contributed by atoms with Gasteiger partial charge in [-0.2, -0.15) is 0 Å². The average molecular weight is 191 g/mol. The number of rotatable bonds is 1. The van der Waals surface area contributed by atoms with E-state index >= 15 is 0 Å². The first-order valence-corrected chi connectivity index (χ1v) is 5.47. The van der Waals surface area contributed by atoms with E-state index in [4.69, 9.17) is 0 Å². The van der Waals surface area contributed by atoms with Gasteiger partial charge in [0.05, 0.1) is 0 Å². The Morgan fingerprint density at radius 2 is 1.93 bits per heavy atom. The molecule has 0 atom stereocenters. The van der Waals surface area contributed by atoms with Crippen LogP contribution in [0.4, 0.5) is 0 Å². The molecule has 2 rings (SSSR count). The Balaban J connectivity index is 2.23. The monoisotopic (exact) mass is 191 g/mol. The number of hydrogen-bond donors (Lipinski definition) is 1. The highest BCUT2D eigenvalue weighted by Gasteiger charge is 2.15. The maximum Gasteiger partial charge on any atom is 0.251 e. The predicted octanol–water partition coefficient (Wildman–Crippen LogP) is 2.73. The third kappa shape index (κ3) is 1.89. The van der Waals surface area contributed by atoms with Crippen LogP contribution >= 0.6 is 0 Å². The predicted molar refractivity (Wildman–Crippen MR) is 57.6 cm³/mol. The molecular weight excluding hydrogens is 174 g/mol. The Bertz CT molecular complexity index is 361. The molecule has 2 nitrogen and oxygen atoms in total. The zero-order chi connectivity index (χ0) is 9.97. The molecule has 0 aliphatic heterocycles. The summed E-state index contributed by atoms with van der Waals surface area (Å²) in [5.41, 5.74) is 2.03. The molecule has 1 heterocycles. The first-order chi connectivity index (χ1) is 6.77. The van der Waals surface area contributed by atoms with Crippen molar-refractivity contribution in [1.29, 1.82) is 0 Å². The molecule has 1 fully saturated rings. The molecule has 0 radical (unpaired) electrons. The van der Waals surface area contributed by atoms with E-state index in [1.54, 1.807) is 0 Å². The number of pyridine rings is 1. The molecular formula is C12H17NO. The van der Waals surface area contributed by atoms with Gasteiger partial charge >= 0.3 is 0 Å². The van der Waals surface area contributed by atoms with Crippen molar-refractivity contribution >= 4 is 0 Å². The molecule has 0 amide bonds. The van der Waals surface area contributed by atoms with Gasteiger partial charge < -0.3 is 4.98 Å². The van der Waals surface area contributed by atoms with Gasteiger partial charge in [0.1, 0.15) is 0 Å². The van der Waals surface area contributed by atoms with Gasteiger partial charge in [-0.05, 0) is 31.7 Å². The molecule has 0 spiro atoms. The first-order valence-electron chi connectivity index (χ1n) is 5.47.